The molecule has 2 rings (SSSR count). The molecule has 0 bridgehead atoms. The van der Waals surface area contributed by atoms with E-state index in [0.29, 0.717) is 0 Å². The van der Waals surface area contributed by atoms with Gasteiger partial charge in [-0.15, -0.1) is 23.7 Å². The maximum absolute atomic E-state index is 12.3. The van der Waals surface area contributed by atoms with Crippen molar-refractivity contribution >= 4 is 29.7 Å². The summed E-state index contributed by atoms with van der Waals surface area (Å²) in [6, 6.07) is -0.331. The molecule has 1 unspecified atom stereocenters. The summed E-state index contributed by atoms with van der Waals surface area (Å²) in [5.74, 6) is 0.114. The first-order chi connectivity index (χ1) is 10.1. The van der Waals surface area contributed by atoms with E-state index in [9.17, 15) is 4.79 Å². The topological polar surface area (TPSA) is 62.5 Å². The molecule has 5 nitrogen and oxygen atoms in total. The van der Waals surface area contributed by atoms with Crippen molar-refractivity contribution in [1.82, 2.24) is 14.8 Å². The standard InChI is InChI=1S/C15H26N4OS.ClH/c1-3-5-14(16)15(20)19-7-4-6-18(8-9-19)10-13-11-21-12(2)17-13;/h11,14H,3-10,16H2,1-2H3;1H. The molecule has 126 valence electrons. The number of nitrogens with zero attached hydrogens (tertiary/aromatic N) is 3. The Morgan fingerprint density at radius 3 is 2.82 bits per heavy atom. The van der Waals surface area contributed by atoms with Crippen LogP contribution in [0.4, 0.5) is 0 Å². The van der Waals surface area contributed by atoms with Gasteiger partial charge in [-0.2, -0.15) is 0 Å². The number of aryl methyl sites for hydroxylation is 1. The van der Waals surface area contributed by atoms with Gasteiger partial charge in [-0.3, -0.25) is 9.69 Å². The lowest BCUT2D eigenvalue weighted by molar-refractivity contribution is -0.132. The van der Waals surface area contributed by atoms with Gasteiger partial charge in [0, 0.05) is 38.1 Å². The van der Waals surface area contributed by atoms with Crippen LogP contribution in [-0.4, -0.2) is 52.9 Å². The van der Waals surface area contributed by atoms with E-state index in [1.807, 2.05) is 11.8 Å². The Morgan fingerprint density at radius 2 is 2.18 bits per heavy atom. The van der Waals surface area contributed by atoms with Crippen LogP contribution in [0.3, 0.4) is 0 Å². The highest BCUT2D eigenvalue weighted by molar-refractivity contribution is 7.09. The van der Waals surface area contributed by atoms with Crippen LogP contribution in [0, 0.1) is 6.92 Å². The maximum atomic E-state index is 12.3. The number of rotatable bonds is 5. The summed E-state index contributed by atoms with van der Waals surface area (Å²) in [5.41, 5.74) is 7.10. The molecular formula is C15H27ClN4OS. The Balaban J connectivity index is 0.00000242. The molecule has 1 atom stereocenters. The number of halogens is 1. The second-order valence-corrected chi connectivity index (χ2v) is 6.77. The normalized spacial score (nSPS) is 17.7. The van der Waals surface area contributed by atoms with E-state index in [-0.39, 0.29) is 24.4 Å². The van der Waals surface area contributed by atoms with Crippen molar-refractivity contribution in [2.75, 3.05) is 26.2 Å². The highest BCUT2D eigenvalue weighted by Gasteiger charge is 2.23. The quantitative estimate of drug-likeness (QED) is 0.886. The predicted molar refractivity (Wildman–Crippen MR) is 93.5 cm³/mol. The zero-order valence-electron chi connectivity index (χ0n) is 13.5. The van der Waals surface area contributed by atoms with Gasteiger partial charge in [0.2, 0.25) is 5.91 Å². The predicted octanol–water partition coefficient (Wildman–Crippen LogP) is 2.04. The molecule has 0 saturated carbocycles. The number of thiazole rings is 1. The minimum atomic E-state index is -0.331. The molecule has 0 radical (unpaired) electrons. The fourth-order valence-corrected chi connectivity index (χ4v) is 3.33. The van der Waals surface area contributed by atoms with E-state index in [1.54, 1.807) is 11.3 Å². The monoisotopic (exact) mass is 346 g/mol. The molecule has 0 spiro atoms. The molecule has 1 fully saturated rings. The minimum Gasteiger partial charge on any atom is -0.340 e. The summed E-state index contributed by atoms with van der Waals surface area (Å²) >= 11 is 1.69. The molecule has 1 aliphatic rings. The second kappa shape index (κ2) is 9.45. The van der Waals surface area contributed by atoms with E-state index < -0.39 is 0 Å². The minimum absolute atomic E-state index is 0. The second-order valence-electron chi connectivity index (χ2n) is 5.71. The first-order valence-electron chi connectivity index (χ1n) is 7.78. The Labute approximate surface area is 143 Å². The molecule has 0 aliphatic carbocycles. The van der Waals surface area contributed by atoms with Gasteiger partial charge in [-0.25, -0.2) is 4.98 Å². The Morgan fingerprint density at radius 1 is 1.41 bits per heavy atom. The number of carbonyl (C=O) groups excluding carboxylic acids is 1. The number of aromatic nitrogens is 1. The fourth-order valence-electron chi connectivity index (χ4n) is 2.73. The Bertz CT molecular complexity index is 468. The van der Waals surface area contributed by atoms with Crippen molar-refractivity contribution in [3.05, 3.63) is 16.1 Å². The molecule has 2 heterocycles. The van der Waals surface area contributed by atoms with Crippen LogP contribution in [0.25, 0.3) is 0 Å². The van der Waals surface area contributed by atoms with E-state index in [0.717, 1.165) is 62.7 Å². The van der Waals surface area contributed by atoms with E-state index in [1.165, 1.54) is 0 Å². The Kier molecular flexibility index (Phi) is 8.31. The number of nitrogens with two attached hydrogens (primary N) is 1. The molecule has 2 N–H and O–H groups in total. The lowest BCUT2D eigenvalue weighted by atomic mass is 10.1. The molecular weight excluding hydrogens is 320 g/mol. The SMILES string of the molecule is CCCC(N)C(=O)N1CCCN(Cc2csc(C)n2)CC1.Cl. The molecule has 22 heavy (non-hydrogen) atoms. The number of carbonyl (C=O) groups is 1. The smallest absolute Gasteiger partial charge is 0.239 e. The summed E-state index contributed by atoms with van der Waals surface area (Å²) in [6.07, 6.45) is 2.74. The van der Waals surface area contributed by atoms with Crippen LogP contribution in [0.1, 0.15) is 36.9 Å². The summed E-state index contributed by atoms with van der Waals surface area (Å²) in [4.78, 5) is 21.1. The van der Waals surface area contributed by atoms with Crippen molar-refractivity contribution < 1.29 is 4.79 Å². The Hall–Kier alpha value is -0.690. The highest BCUT2D eigenvalue weighted by Crippen LogP contribution is 2.13. The van der Waals surface area contributed by atoms with Gasteiger partial charge in [0.25, 0.3) is 0 Å². The summed E-state index contributed by atoms with van der Waals surface area (Å²) in [5, 5.41) is 3.24. The number of hydrogen-bond acceptors (Lipinski definition) is 5. The van der Waals surface area contributed by atoms with E-state index in [4.69, 9.17) is 5.73 Å². The molecule has 1 amide bonds. The first kappa shape index (κ1) is 19.4. The number of hydrogen-bond donors (Lipinski definition) is 1. The zero-order valence-corrected chi connectivity index (χ0v) is 15.1. The average molecular weight is 347 g/mol. The summed E-state index contributed by atoms with van der Waals surface area (Å²) in [6.45, 7) is 8.50. The van der Waals surface area contributed by atoms with Crippen LogP contribution in [0.5, 0.6) is 0 Å². The van der Waals surface area contributed by atoms with Gasteiger partial charge < -0.3 is 10.6 Å². The van der Waals surface area contributed by atoms with Crippen molar-refractivity contribution in [2.24, 2.45) is 5.73 Å². The van der Waals surface area contributed by atoms with Crippen LogP contribution < -0.4 is 5.73 Å². The zero-order chi connectivity index (χ0) is 15.2. The molecule has 1 saturated heterocycles. The third-order valence-electron chi connectivity index (χ3n) is 3.87. The fraction of sp³-hybridized carbons (Fsp3) is 0.733. The largest absolute Gasteiger partial charge is 0.340 e. The van der Waals surface area contributed by atoms with Crippen molar-refractivity contribution in [1.29, 1.82) is 0 Å². The van der Waals surface area contributed by atoms with Crippen LogP contribution in [-0.2, 0) is 11.3 Å². The molecule has 0 aromatic carbocycles. The molecule has 1 aromatic heterocycles. The first-order valence-corrected chi connectivity index (χ1v) is 8.66. The van der Waals surface area contributed by atoms with Crippen molar-refractivity contribution in [3.8, 4) is 0 Å². The third-order valence-corrected chi connectivity index (χ3v) is 4.69. The molecule has 1 aliphatic heterocycles. The van der Waals surface area contributed by atoms with Gasteiger partial charge in [0.05, 0.1) is 16.7 Å². The summed E-state index contributed by atoms with van der Waals surface area (Å²) < 4.78 is 0. The van der Waals surface area contributed by atoms with Crippen molar-refractivity contribution in [3.63, 3.8) is 0 Å². The average Bonchev–Trinajstić information content (AvgIpc) is 2.73. The van der Waals surface area contributed by atoms with Crippen LogP contribution in [0.2, 0.25) is 0 Å². The molecule has 1 aromatic rings. The lowest BCUT2D eigenvalue weighted by Gasteiger charge is -2.24. The van der Waals surface area contributed by atoms with Gasteiger partial charge in [-0.1, -0.05) is 13.3 Å². The lowest BCUT2D eigenvalue weighted by Crippen LogP contribution is -2.45. The third kappa shape index (κ3) is 5.50. The molecule has 7 heteroatoms. The van der Waals surface area contributed by atoms with Gasteiger partial charge in [0.15, 0.2) is 0 Å². The van der Waals surface area contributed by atoms with Crippen molar-refractivity contribution in [2.45, 2.75) is 45.7 Å². The van der Waals surface area contributed by atoms with Gasteiger partial charge in [-0.05, 0) is 19.8 Å². The van der Waals surface area contributed by atoms with Crippen LogP contribution in [0.15, 0.2) is 5.38 Å². The summed E-state index contributed by atoms with van der Waals surface area (Å²) in [7, 11) is 0. The number of amides is 1. The van der Waals surface area contributed by atoms with E-state index in [2.05, 4.69) is 22.2 Å². The van der Waals surface area contributed by atoms with Gasteiger partial charge >= 0.3 is 0 Å². The highest BCUT2D eigenvalue weighted by atomic mass is 35.5. The van der Waals surface area contributed by atoms with Crippen LogP contribution >= 0.6 is 23.7 Å². The van der Waals surface area contributed by atoms with E-state index >= 15 is 0 Å². The maximum Gasteiger partial charge on any atom is 0.239 e. The van der Waals surface area contributed by atoms with Gasteiger partial charge in [0.1, 0.15) is 0 Å².